The summed E-state index contributed by atoms with van der Waals surface area (Å²) >= 11 is 1.35. The Morgan fingerprint density at radius 2 is 2.22 bits per heavy atom. The van der Waals surface area contributed by atoms with Crippen LogP contribution in [0.15, 0.2) is 24.3 Å². The Morgan fingerprint density at radius 3 is 2.96 bits per heavy atom. The molecule has 0 bridgehead atoms. The molecule has 6 nitrogen and oxygen atoms in total. The van der Waals surface area contributed by atoms with Crippen LogP contribution in [-0.4, -0.2) is 28.8 Å². The zero-order chi connectivity index (χ0) is 16.2. The maximum absolute atomic E-state index is 12.5. The molecule has 1 aromatic carbocycles. The van der Waals surface area contributed by atoms with E-state index in [0.717, 1.165) is 24.5 Å². The van der Waals surface area contributed by atoms with Gasteiger partial charge in [0.05, 0.1) is 11.7 Å². The molecule has 0 aliphatic carbocycles. The summed E-state index contributed by atoms with van der Waals surface area (Å²) in [6.07, 6.45) is 1.99. The third kappa shape index (κ3) is 3.86. The molecule has 2 aromatic rings. The molecule has 7 heteroatoms. The molecule has 1 fully saturated rings. The van der Waals surface area contributed by atoms with Gasteiger partial charge in [-0.3, -0.25) is 10.1 Å². The number of carbonyl (C=O) groups is 1. The van der Waals surface area contributed by atoms with Gasteiger partial charge in [-0.15, -0.1) is 10.2 Å². The molecule has 3 rings (SSSR count). The second-order valence-electron chi connectivity index (χ2n) is 5.56. The molecule has 0 spiro atoms. The van der Waals surface area contributed by atoms with E-state index in [-0.39, 0.29) is 18.1 Å². The number of ether oxygens (including phenoxy) is 2. The predicted molar refractivity (Wildman–Crippen MR) is 88.0 cm³/mol. The second kappa shape index (κ2) is 7.06. The van der Waals surface area contributed by atoms with E-state index in [1.807, 2.05) is 19.9 Å². The first-order valence-electron chi connectivity index (χ1n) is 7.65. The molecule has 23 heavy (non-hydrogen) atoms. The summed E-state index contributed by atoms with van der Waals surface area (Å²) in [4.78, 5) is 12.5. The van der Waals surface area contributed by atoms with Gasteiger partial charge < -0.3 is 9.47 Å². The first-order chi connectivity index (χ1) is 11.1. The minimum absolute atomic E-state index is 0.00315. The number of anilines is 1. The Hall–Kier alpha value is -1.99. The topological polar surface area (TPSA) is 73.3 Å². The van der Waals surface area contributed by atoms with Crippen LogP contribution in [0.4, 0.5) is 5.13 Å². The number of carbonyl (C=O) groups excluding carboxylic acids is 1. The van der Waals surface area contributed by atoms with Crippen LogP contribution in [0.3, 0.4) is 0 Å². The third-order valence-corrected chi connectivity index (χ3v) is 4.29. The van der Waals surface area contributed by atoms with Crippen molar-refractivity contribution in [2.24, 2.45) is 0 Å². The van der Waals surface area contributed by atoms with Gasteiger partial charge in [0.25, 0.3) is 5.91 Å². The number of nitrogens with one attached hydrogen (secondary N) is 1. The van der Waals surface area contributed by atoms with Gasteiger partial charge >= 0.3 is 0 Å². The van der Waals surface area contributed by atoms with Gasteiger partial charge in [-0.25, -0.2) is 0 Å². The molecule has 0 saturated carbocycles. The Labute approximate surface area is 138 Å². The molecule has 1 unspecified atom stereocenters. The van der Waals surface area contributed by atoms with Crippen molar-refractivity contribution in [1.82, 2.24) is 10.2 Å². The fraction of sp³-hybridized carbons (Fsp3) is 0.438. The molecular weight excluding hydrogens is 314 g/mol. The summed E-state index contributed by atoms with van der Waals surface area (Å²) < 4.78 is 11.3. The van der Waals surface area contributed by atoms with Crippen LogP contribution < -0.4 is 10.1 Å². The van der Waals surface area contributed by atoms with E-state index >= 15 is 0 Å². The minimum atomic E-state index is -0.253. The predicted octanol–water partition coefficient (Wildman–Crippen LogP) is 3.43. The number of nitrogens with zero attached hydrogens (tertiary/aromatic N) is 2. The highest BCUT2D eigenvalue weighted by atomic mass is 32.1. The van der Waals surface area contributed by atoms with Crippen LogP contribution in [0.2, 0.25) is 0 Å². The van der Waals surface area contributed by atoms with Gasteiger partial charge in [-0.1, -0.05) is 23.5 Å². The molecule has 1 saturated heterocycles. The van der Waals surface area contributed by atoms with Crippen LogP contribution in [-0.2, 0) is 4.74 Å². The van der Waals surface area contributed by atoms with Crippen LogP contribution in [0.25, 0.3) is 0 Å². The van der Waals surface area contributed by atoms with Crippen molar-refractivity contribution < 1.29 is 14.3 Å². The van der Waals surface area contributed by atoms with Crippen molar-refractivity contribution in [3.05, 3.63) is 34.8 Å². The van der Waals surface area contributed by atoms with Gasteiger partial charge in [0.1, 0.15) is 16.9 Å². The van der Waals surface area contributed by atoms with Gasteiger partial charge in [0.2, 0.25) is 5.13 Å². The van der Waals surface area contributed by atoms with E-state index < -0.39 is 0 Å². The molecule has 1 atom stereocenters. The zero-order valence-corrected chi connectivity index (χ0v) is 13.9. The summed E-state index contributed by atoms with van der Waals surface area (Å²) in [5.41, 5.74) is 0.482. The van der Waals surface area contributed by atoms with Gasteiger partial charge in [0, 0.05) is 6.61 Å². The third-order valence-electron chi connectivity index (χ3n) is 3.36. The van der Waals surface area contributed by atoms with E-state index in [1.165, 1.54) is 11.3 Å². The smallest absolute Gasteiger partial charge is 0.261 e. The Bertz CT molecular complexity index is 681. The lowest BCUT2D eigenvalue weighted by Gasteiger charge is -2.13. The highest BCUT2D eigenvalue weighted by Crippen LogP contribution is 2.32. The minimum Gasteiger partial charge on any atom is -0.490 e. The van der Waals surface area contributed by atoms with E-state index in [4.69, 9.17) is 9.47 Å². The van der Waals surface area contributed by atoms with E-state index in [2.05, 4.69) is 15.5 Å². The molecule has 0 radical (unpaired) electrons. The lowest BCUT2D eigenvalue weighted by Crippen LogP contribution is -2.15. The highest BCUT2D eigenvalue weighted by Gasteiger charge is 2.23. The maximum atomic E-state index is 12.5. The van der Waals surface area contributed by atoms with Crippen molar-refractivity contribution in [1.29, 1.82) is 0 Å². The lowest BCUT2D eigenvalue weighted by atomic mass is 10.2. The molecule has 1 amide bonds. The molecule has 1 aromatic heterocycles. The Kier molecular flexibility index (Phi) is 4.88. The summed E-state index contributed by atoms with van der Waals surface area (Å²) in [6.45, 7) is 4.60. The summed E-state index contributed by atoms with van der Waals surface area (Å²) in [7, 11) is 0. The average Bonchev–Trinajstić information content (AvgIpc) is 3.17. The van der Waals surface area contributed by atoms with Crippen molar-refractivity contribution in [3.63, 3.8) is 0 Å². The normalized spacial score (nSPS) is 17.4. The largest absolute Gasteiger partial charge is 0.490 e. The Balaban J connectivity index is 1.72. The van der Waals surface area contributed by atoms with E-state index in [9.17, 15) is 4.79 Å². The number of benzene rings is 1. The molecule has 122 valence electrons. The van der Waals surface area contributed by atoms with Crippen molar-refractivity contribution >= 4 is 22.4 Å². The van der Waals surface area contributed by atoms with Crippen molar-refractivity contribution in [2.75, 3.05) is 11.9 Å². The fourth-order valence-electron chi connectivity index (χ4n) is 2.36. The average molecular weight is 333 g/mol. The van der Waals surface area contributed by atoms with Gasteiger partial charge in [0.15, 0.2) is 0 Å². The maximum Gasteiger partial charge on any atom is 0.261 e. The second-order valence-corrected chi connectivity index (χ2v) is 6.57. The summed E-state index contributed by atoms with van der Waals surface area (Å²) in [5.74, 6) is 0.306. The van der Waals surface area contributed by atoms with E-state index in [1.54, 1.807) is 18.2 Å². The van der Waals surface area contributed by atoms with Gasteiger partial charge in [-0.05, 0) is 38.8 Å². The highest BCUT2D eigenvalue weighted by molar-refractivity contribution is 7.15. The summed E-state index contributed by atoms with van der Waals surface area (Å²) in [5, 5.41) is 12.2. The fourth-order valence-corrected chi connectivity index (χ4v) is 3.19. The molecule has 1 aliphatic heterocycles. The molecule has 1 N–H and O–H groups in total. The number of para-hydroxylation sites is 1. The number of rotatable bonds is 5. The van der Waals surface area contributed by atoms with Crippen LogP contribution in [0, 0.1) is 0 Å². The quantitative estimate of drug-likeness (QED) is 0.907. The lowest BCUT2D eigenvalue weighted by molar-refractivity contribution is 0.102. The number of hydrogen-bond acceptors (Lipinski definition) is 6. The standard InChI is InChI=1S/C16H19N3O3S/c1-10(2)22-12-7-4-3-6-11(12)14(20)17-16-19-18-15(23-16)13-8-5-9-21-13/h3-4,6-7,10,13H,5,8-9H2,1-2H3,(H,17,19,20). The van der Waals surface area contributed by atoms with Crippen molar-refractivity contribution in [3.8, 4) is 5.75 Å². The van der Waals surface area contributed by atoms with Crippen LogP contribution in [0.5, 0.6) is 5.75 Å². The molecule has 2 heterocycles. The Morgan fingerprint density at radius 1 is 1.39 bits per heavy atom. The first kappa shape index (κ1) is 15.9. The van der Waals surface area contributed by atoms with Gasteiger partial charge in [-0.2, -0.15) is 0 Å². The molecular formula is C16H19N3O3S. The van der Waals surface area contributed by atoms with Crippen LogP contribution in [0.1, 0.15) is 48.2 Å². The molecule has 1 aliphatic rings. The first-order valence-corrected chi connectivity index (χ1v) is 8.47. The van der Waals surface area contributed by atoms with Crippen molar-refractivity contribution in [2.45, 2.75) is 38.9 Å². The number of aromatic nitrogens is 2. The number of amides is 1. The zero-order valence-electron chi connectivity index (χ0n) is 13.1. The van der Waals surface area contributed by atoms with Crippen LogP contribution >= 0.6 is 11.3 Å². The summed E-state index contributed by atoms with van der Waals surface area (Å²) in [6, 6.07) is 7.16. The monoisotopic (exact) mass is 333 g/mol. The van der Waals surface area contributed by atoms with E-state index in [0.29, 0.717) is 16.4 Å². The SMILES string of the molecule is CC(C)Oc1ccccc1C(=O)Nc1nnc(C2CCCO2)s1. The number of hydrogen-bond donors (Lipinski definition) is 1.